The lowest BCUT2D eigenvalue weighted by atomic mass is 9.82. The van der Waals surface area contributed by atoms with E-state index in [1.807, 2.05) is 36.4 Å². The van der Waals surface area contributed by atoms with Gasteiger partial charge in [-0.15, -0.1) is 10.2 Å². The first-order chi connectivity index (χ1) is 28.5. The fraction of sp³-hybridized carbons (Fsp3) is 0.0566. The number of benzene rings is 8. The van der Waals surface area contributed by atoms with Gasteiger partial charge in [0.2, 0.25) is 0 Å². The molecule has 0 amide bonds. The van der Waals surface area contributed by atoms with Crippen molar-refractivity contribution in [1.82, 2.24) is 19.3 Å². The lowest BCUT2D eigenvalue weighted by Gasteiger charge is -2.28. The fourth-order valence-electron chi connectivity index (χ4n) is 9.06. The number of nitrogens with zero attached hydrogens (tertiary/aromatic N) is 5. The van der Waals surface area contributed by atoms with Crippen molar-refractivity contribution in [2.45, 2.75) is 19.3 Å². The third-order valence-corrected chi connectivity index (χ3v) is 11.9. The Balaban J connectivity index is 1.06. The molecule has 58 heavy (non-hydrogen) atoms. The second-order valence-electron chi connectivity index (χ2n) is 15.6. The lowest BCUT2D eigenvalue weighted by molar-refractivity contribution is 0.660. The topological polar surface area (TPSA) is 38.9 Å². The summed E-state index contributed by atoms with van der Waals surface area (Å²) >= 11 is 0. The maximum atomic E-state index is 4.72. The number of para-hydroxylation sites is 2. The van der Waals surface area contributed by atoms with E-state index in [2.05, 4.69) is 192 Å². The summed E-state index contributed by atoms with van der Waals surface area (Å²) in [4.78, 5) is 2.38. The Morgan fingerprint density at radius 3 is 1.41 bits per heavy atom. The molecule has 0 spiro atoms. The van der Waals surface area contributed by atoms with E-state index in [1.54, 1.807) is 0 Å². The zero-order valence-electron chi connectivity index (χ0n) is 32.3. The van der Waals surface area contributed by atoms with Gasteiger partial charge in [-0.25, -0.2) is 0 Å². The summed E-state index contributed by atoms with van der Waals surface area (Å²) in [5.41, 5.74) is 14.9. The maximum absolute atomic E-state index is 4.72. The summed E-state index contributed by atoms with van der Waals surface area (Å²) in [7, 11) is 0. The first-order valence-corrected chi connectivity index (χ1v) is 19.8. The molecule has 1 aliphatic rings. The molecule has 11 rings (SSSR count). The predicted molar refractivity (Wildman–Crippen MR) is 239 cm³/mol. The van der Waals surface area contributed by atoms with Crippen molar-refractivity contribution in [3.05, 3.63) is 211 Å². The van der Waals surface area contributed by atoms with Crippen molar-refractivity contribution in [1.29, 1.82) is 0 Å². The van der Waals surface area contributed by atoms with Crippen LogP contribution in [0.3, 0.4) is 0 Å². The van der Waals surface area contributed by atoms with Gasteiger partial charge in [-0.3, -0.25) is 4.57 Å². The molecule has 5 heteroatoms. The summed E-state index contributed by atoms with van der Waals surface area (Å²) in [6.45, 7) is 4.68. The van der Waals surface area contributed by atoms with Crippen LogP contribution in [0.4, 0.5) is 17.1 Å². The van der Waals surface area contributed by atoms with E-state index in [0.29, 0.717) is 0 Å². The monoisotopic (exact) mass is 745 g/mol. The Kier molecular flexibility index (Phi) is 7.76. The van der Waals surface area contributed by atoms with Crippen LogP contribution in [0, 0.1) is 0 Å². The summed E-state index contributed by atoms with van der Waals surface area (Å²) in [6, 6.07) is 71.5. The normalized spacial score (nSPS) is 12.8. The summed E-state index contributed by atoms with van der Waals surface area (Å²) in [5, 5.41) is 12.0. The quantitative estimate of drug-likeness (QED) is 0.163. The maximum Gasteiger partial charge on any atom is 0.168 e. The van der Waals surface area contributed by atoms with Gasteiger partial charge in [-0.05, 0) is 95.1 Å². The van der Waals surface area contributed by atoms with Crippen LogP contribution in [0.2, 0.25) is 0 Å². The highest BCUT2D eigenvalue weighted by Gasteiger charge is 2.35. The van der Waals surface area contributed by atoms with E-state index in [4.69, 9.17) is 10.2 Å². The minimum Gasteiger partial charge on any atom is -0.310 e. The molecule has 2 aromatic heterocycles. The molecule has 0 N–H and O–H groups in total. The van der Waals surface area contributed by atoms with Gasteiger partial charge < -0.3 is 9.47 Å². The third kappa shape index (κ3) is 5.31. The zero-order chi connectivity index (χ0) is 38.8. The Hall–Kier alpha value is -7.50. The molecule has 0 aliphatic heterocycles. The fourth-order valence-corrected chi connectivity index (χ4v) is 9.06. The van der Waals surface area contributed by atoms with Crippen LogP contribution in [0.5, 0.6) is 0 Å². The molecule has 0 unspecified atom stereocenters. The van der Waals surface area contributed by atoms with Crippen LogP contribution in [0.25, 0.3) is 67.1 Å². The molecule has 0 saturated carbocycles. The lowest BCUT2D eigenvalue weighted by Crippen LogP contribution is -2.16. The molecule has 276 valence electrons. The number of hydrogen-bond acceptors (Lipinski definition) is 3. The van der Waals surface area contributed by atoms with Crippen LogP contribution in [-0.4, -0.2) is 19.3 Å². The summed E-state index contributed by atoms with van der Waals surface area (Å²) in [6.07, 6.45) is 0. The second-order valence-corrected chi connectivity index (χ2v) is 15.6. The van der Waals surface area contributed by atoms with E-state index in [1.165, 1.54) is 44.1 Å². The van der Waals surface area contributed by atoms with Crippen LogP contribution >= 0.6 is 0 Å². The Morgan fingerprint density at radius 1 is 0.397 bits per heavy atom. The molecule has 0 radical (unpaired) electrons. The predicted octanol–water partition coefficient (Wildman–Crippen LogP) is 13.5. The van der Waals surface area contributed by atoms with Crippen molar-refractivity contribution in [2.24, 2.45) is 0 Å². The molecule has 8 aromatic carbocycles. The number of rotatable bonds is 7. The van der Waals surface area contributed by atoms with E-state index >= 15 is 0 Å². The highest BCUT2D eigenvalue weighted by Crippen LogP contribution is 2.50. The van der Waals surface area contributed by atoms with Gasteiger partial charge >= 0.3 is 0 Å². The molecule has 5 nitrogen and oxygen atoms in total. The molecule has 2 heterocycles. The molecular formula is C53H39N5. The van der Waals surface area contributed by atoms with E-state index in [9.17, 15) is 0 Å². The molecule has 0 atom stereocenters. The average molecular weight is 746 g/mol. The number of anilines is 3. The van der Waals surface area contributed by atoms with Gasteiger partial charge in [0.15, 0.2) is 11.6 Å². The molecule has 1 aliphatic carbocycles. The standard InChI is InChI=1S/C53H39N5/c1-53(2)47-22-12-9-19-43(47)44-34-33-42(35-48(44)53)56(38-25-29-40(30-26-38)57-49-23-13-10-20-45(49)46-21-11-14-24-50(46)57)39-27-31-41(32-28-39)58-51(36-15-5-3-6-16-36)54-55-52(58)37-17-7-4-8-18-37/h3-35H,1-2H3. The Bertz CT molecular complexity index is 3010. The van der Waals surface area contributed by atoms with E-state index < -0.39 is 0 Å². The van der Waals surface area contributed by atoms with Crippen molar-refractivity contribution < 1.29 is 0 Å². The largest absolute Gasteiger partial charge is 0.310 e. The van der Waals surface area contributed by atoms with Crippen LogP contribution < -0.4 is 4.90 Å². The summed E-state index contributed by atoms with van der Waals surface area (Å²) < 4.78 is 4.53. The highest BCUT2D eigenvalue weighted by atomic mass is 15.3. The van der Waals surface area contributed by atoms with Gasteiger partial charge in [0.05, 0.1) is 11.0 Å². The minimum atomic E-state index is -0.131. The smallest absolute Gasteiger partial charge is 0.168 e. The van der Waals surface area contributed by atoms with Crippen LogP contribution in [-0.2, 0) is 5.41 Å². The van der Waals surface area contributed by atoms with Gasteiger partial charge in [0.1, 0.15) is 0 Å². The highest BCUT2D eigenvalue weighted by molar-refractivity contribution is 6.09. The Labute approximate surface area is 337 Å². The van der Waals surface area contributed by atoms with E-state index in [-0.39, 0.29) is 5.41 Å². The van der Waals surface area contributed by atoms with Gasteiger partial charge in [-0.2, -0.15) is 0 Å². The molecule has 10 aromatic rings. The SMILES string of the molecule is CC1(C)c2ccccc2-c2ccc(N(c3ccc(-n4c(-c5ccccc5)nnc4-c4ccccc4)cc3)c3ccc(-n4c5ccccc5c5ccccc54)cc3)cc21. The number of aromatic nitrogens is 4. The van der Waals surface area contributed by atoms with Gasteiger partial charge in [0, 0.05) is 55.8 Å². The molecule has 0 fully saturated rings. The Morgan fingerprint density at radius 2 is 0.845 bits per heavy atom. The first-order valence-electron chi connectivity index (χ1n) is 19.8. The van der Waals surface area contributed by atoms with Gasteiger partial charge in [0.25, 0.3) is 0 Å². The van der Waals surface area contributed by atoms with Crippen molar-refractivity contribution in [2.75, 3.05) is 4.90 Å². The van der Waals surface area contributed by atoms with Gasteiger partial charge in [-0.1, -0.05) is 141 Å². The average Bonchev–Trinajstić information content (AvgIpc) is 3.94. The minimum absolute atomic E-state index is 0.131. The van der Waals surface area contributed by atoms with Crippen molar-refractivity contribution >= 4 is 38.9 Å². The zero-order valence-corrected chi connectivity index (χ0v) is 32.3. The second kappa shape index (κ2) is 13.3. The van der Waals surface area contributed by atoms with Crippen molar-refractivity contribution in [3.63, 3.8) is 0 Å². The third-order valence-electron chi connectivity index (χ3n) is 11.9. The number of fused-ring (bicyclic) bond motifs is 6. The van der Waals surface area contributed by atoms with Crippen molar-refractivity contribution in [3.8, 4) is 45.3 Å². The molecular weight excluding hydrogens is 707 g/mol. The number of hydrogen-bond donors (Lipinski definition) is 0. The first kappa shape index (κ1) is 33.8. The molecule has 0 saturated heterocycles. The molecule has 0 bridgehead atoms. The van der Waals surface area contributed by atoms with Crippen LogP contribution in [0.1, 0.15) is 25.0 Å². The van der Waals surface area contributed by atoms with Crippen LogP contribution in [0.15, 0.2) is 200 Å². The van der Waals surface area contributed by atoms with E-state index in [0.717, 1.165) is 51.2 Å². The summed E-state index contributed by atoms with van der Waals surface area (Å²) in [5.74, 6) is 1.59.